The number of hydrogen-bond donors (Lipinski definition) is 2. The Hall–Kier alpha value is -2.77. The summed E-state index contributed by atoms with van der Waals surface area (Å²) in [5.74, 6) is -0.206. The maximum atomic E-state index is 12.2. The topological polar surface area (TPSA) is 97.0 Å². The summed E-state index contributed by atoms with van der Waals surface area (Å²) in [4.78, 5) is 38.0. The zero-order chi connectivity index (χ0) is 17.4. The number of nitrogens with one attached hydrogen (secondary N) is 2. The van der Waals surface area contributed by atoms with Crippen LogP contribution in [0.2, 0.25) is 0 Å². The van der Waals surface area contributed by atoms with Crippen molar-refractivity contribution in [2.75, 3.05) is 13.2 Å². The maximum Gasteiger partial charge on any atom is 0.283 e. The third kappa shape index (κ3) is 3.24. The van der Waals surface area contributed by atoms with Crippen molar-refractivity contribution in [3.8, 4) is 11.5 Å². The van der Waals surface area contributed by atoms with Gasteiger partial charge in [-0.3, -0.25) is 25.2 Å². The minimum atomic E-state index is -0.844. The quantitative estimate of drug-likeness (QED) is 0.751. The molecule has 0 radical (unpaired) electrons. The first-order valence-corrected chi connectivity index (χ1v) is 8.39. The van der Waals surface area contributed by atoms with Crippen LogP contribution >= 0.6 is 0 Å². The fraction of sp³-hybridized carbons (Fsp3) is 0.471. The molecule has 3 amide bonds. The molecule has 1 saturated carbocycles. The van der Waals surface area contributed by atoms with Gasteiger partial charge in [0.25, 0.3) is 5.91 Å². The molecule has 1 aliphatic carbocycles. The summed E-state index contributed by atoms with van der Waals surface area (Å²) < 4.78 is 11.0. The summed E-state index contributed by atoms with van der Waals surface area (Å²) in [7, 11) is 0. The highest BCUT2D eigenvalue weighted by Crippen LogP contribution is 2.33. The van der Waals surface area contributed by atoms with E-state index in [0.29, 0.717) is 24.1 Å². The molecule has 3 aliphatic rings. The fourth-order valence-electron chi connectivity index (χ4n) is 3.10. The molecule has 1 aromatic rings. The van der Waals surface area contributed by atoms with Crippen LogP contribution in [-0.4, -0.2) is 47.9 Å². The normalized spacial score (nSPS) is 24.8. The molecular weight excluding hydrogens is 326 g/mol. The highest BCUT2D eigenvalue weighted by molar-refractivity contribution is 5.91. The molecule has 1 saturated heterocycles. The summed E-state index contributed by atoms with van der Waals surface area (Å²) in [5.41, 5.74) is 4.75. The van der Waals surface area contributed by atoms with Crippen LogP contribution in [0.3, 0.4) is 0 Å². The number of rotatable bonds is 3. The molecular formula is C17H19N3O5. The zero-order valence-electron chi connectivity index (χ0n) is 13.6. The maximum absolute atomic E-state index is 12.2. The van der Waals surface area contributed by atoms with Crippen LogP contribution in [0, 0.1) is 5.92 Å². The average Bonchev–Trinajstić information content (AvgIpc) is 3.40. The van der Waals surface area contributed by atoms with E-state index < -0.39 is 17.9 Å². The number of amides is 3. The minimum Gasteiger partial charge on any atom is -0.485 e. The Balaban J connectivity index is 1.28. The molecule has 8 heteroatoms. The highest BCUT2D eigenvalue weighted by atomic mass is 16.6. The Labute approximate surface area is 144 Å². The number of para-hydroxylation sites is 2. The molecule has 0 aromatic heterocycles. The monoisotopic (exact) mass is 345 g/mol. The van der Waals surface area contributed by atoms with Crippen LogP contribution in [0.4, 0.5) is 0 Å². The first-order chi connectivity index (χ1) is 12.1. The van der Waals surface area contributed by atoms with Crippen LogP contribution in [0.15, 0.2) is 24.3 Å². The molecule has 4 rings (SSSR count). The third-order valence-corrected chi connectivity index (χ3v) is 4.63. The molecule has 2 atom stereocenters. The lowest BCUT2D eigenvalue weighted by molar-refractivity contribution is -0.136. The van der Waals surface area contributed by atoms with Gasteiger partial charge < -0.3 is 14.4 Å². The zero-order valence-corrected chi connectivity index (χ0v) is 13.6. The van der Waals surface area contributed by atoms with Gasteiger partial charge in [-0.05, 0) is 25.0 Å². The van der Waals surface area contributed by atoms with E-state index in [2.05, 4.69) is 10.9 Å². The van der Waals surface area contributed by atoms with Gasteiger partial charge >= 0.3 is 0 Å². The van der Waals surface area contributed by atoms with E-state index in [-0.39, 0.29) is 24.8 Å². The molecule has 2 fully saturated rings. The Morgan fingerprint density at radius 1 is 1.08 bits per heavy atom. The van der Waals surface area contributed by atoms with Crippen LogP contribution in [0.5, 0.6) is 11.5 Å². The first kappa shape index (κ1) is 15.7. The van der Waals surface area contributed by atoms with Crippen molar-refractivity contribution in [2.45, 2.75) is 31.4 Å². The lowest BCUT2D eigenvalue weighted by atomic mass is 10.1. The Morgan fingerprint density at radius 2 is 1.80 bits per heavy atom. The van der Waals surface area contributed by atoms with Gasteiger partial charge in [-0.25, -0.2) is 0 Å². The average molecular weight is 345 g/mol. The van der Waals surface area contributed by atoms with Crippen LogP contribution in [0.1, 0.15) is 19.3 Å². The minimum absolute atomic E-state index is 0.00889. The lowest BCUT2D eigenvalue weighted by Crippen LogP contribution is -2.52. The molecule has 1 aromatic carbocycles. The molecule has 8 nitrogen and oxygen atoms in total. The second-order valence-electron chi connectivity index (χ2n) is 6.52. The number of likely N-dealkylation sites (tertiary alicyclic amines) is 1. The van der Waals surface area contributed by atoms with Gasteiger partial charge in [0.05, 0.1) is 5.92 Å². The first-order valence-electron chi connectivity index (χ1n) is 8.39. The van der Waals surface area contributed by atoms with E-state index in [1.165, 1.54) is 0 Å². The van der Waals surface area contributed by atoms with Crippen molar-refractivity contribution in [3.05, 3.63) is 24.3 Å². The van der Waals surface area contributed by atoms with E-state index in [9.17, 15) is 14.4 Å². The van der Waals surface area contributed by atoms with Gasteiger partial charge in [0, 0.05) is 19.0 Å². The molecule has 2 N–H and O–H groups in total. The van der Waals surface area contributed by atoms with E-state index in [1.807, 2.05) is 6.07 Å². The van der Waals surface area contributed by atoms with Crippen molar-refractivity contribution in [1.29, 1.82) is 0 Å². The van der Waals surface area contributed by atoms with E-state index in [4.69, 9.17) is 9.47 Å². The number of fused-ring (bicyclic) bond motifs is 1. The van der Waals surface area contributed by atoms with Crippen LogP contribution in [0.25, 0.3) is 0 Å². The van der Waals surface area contributed by atoms with Gasteiger partial charge in [-0.15, -0.1) is 0 Å². The number of carbonyl (C=O) groups excluding carboxylic acids is 3. The van der Waals surface area contributed by atoms with Crippen molar-refractivity contribution in [1.82, 2.24) is 15.8 Å². The number of benzene rings is 1. The van der Waals surface area contributed by atoms with Crippen molar-refractivity contribution < 1.29 is 23.9 Å². The van der Waals surface area contributed by atoms with Crippen molar-refractivity contribution >= 4 is 17.7 Å². The van der Waals surface area contributed by atoms with Gasteiger partial charge in [0.15, 0.2) is 11.5 Å². The Bertz CT molecular complexity index is 718. The molecule has 2 aliphatic heterocycles. The van der Waals surface area contributed by atoms with Gasteiger partial charge in [-0.1, -0.05) is 12.1 Å². The second kappa shape index (κ2) is 6.27. The van der Waals surface area contributed by atoms with Crippen LogP contribution in [-0.2, 0) is 14.4 Å². The predicted octanol–water partition coefficient (Wildman–Crippen LogP) is -0.0153. The van der Waals surface area contributed by atoms with Crippen molar-refractivity contribution in [2.24, 2.45) is 5.92 Å². The number of nitrogens with zero attached hydrogens (tertiary/aromatic N) is 1. The SMILES string of the molecule is O=C(NNC(=O)[C@H]1COc2ccccc2O1)[C@@H]1CC(=O)N(C2CC2)C1. The third-order valence-electron chi connectivity index (χ3n) is 4.63. The van der Waals surface area contributed by atoms with Crippen molar-refractivity contribution in [3.63, 3.8) is 0 Å². The number of carbonyl (C=O) groups is 3. The van der Waals surface area contributed by atoms with Gasteiger partial charge in [-0.2, -0.15) is 0 Å². The molecule has 2 heterocycles. The van der Waals surface area contributed by atoms with E-state index in [0.717, 1.165) is 12.8 Å². The number of hydrogen-bond acceptors (Lipinski definition) is 5. The summed E-state index contributed by atoms with van der Waals surface area (Å²) in [5, 5.41) is 0. The largest absolute Gasteiger partial charge is 0.485 e. The molecule has 132 valence electrons. The summed E-state index contributed by atoms with van der Waals surface area (Å²) in [6.45, 7) is 0.484. The lowest BCUT2D eigenvalue weighted by Gasteiger charge is -2.25. The van der Waals surface area contributed by atoms with E-state index >= 15 is 0 Å². The Kier molecular flexibility index (Phi) is 3.95. The second-order valence-corrected chi connectivity index (χ2v) is 6.52. The summed E-state index contributed by atoms with van der Waals surface area (Å²) >= 11 is 0. The number of hydrazine groups is 1. The Morgan fingerprint density at radius 3 is 2.56 bits per heavy atom. The molecule has 25 heavy (non-hydrogen) atoms. The summed E-state index contributed by atoms with van der Waals surface area (Å²) in [6, 6.07) is 7.37. The fourth-order valence-corrected chi connectivity index (χ4v) is 3.10. The van der Waals surface area contributed by atoms with Crippen LogP contribution < -0.4 is 20.3 Å². The highest BCUT2D eigenvalue weighted by Gasteiger charge is 2.42. The predicted molar refractivity (Wildman–Crippen MR) is 85.5 cm³/mol. The molecule has 0 spiro atoms. The van der Waals surface area contributed by atoms with Gasteiger partial charge in [0.1, 0.15) is 6.61 Å². The molecule has 0 bridgehead atoms. The summed E-state index contributed by atoms with van der Waals surface area (Å²) in [6.07, 6.45) is 1.37. The standard InChI is InChI=1S/C17H19N3O5/c21-15-7-10(8-20(15)11-5-6-11)16(22)18-19-17(23)14-9-24-12-3-1-2-4-13(12)25-14/h1-4,10-11,14H,5-9H2,(H,18,22)(H,19,23)/t10-,14-/m1/s1. The molecule has 0 unspecified atom stereocenters. The smallest absolute Gasteiger partial charge is 0.283 e. The van der Waals surface area contributed by atoms with E-state index in [1.54, 1.807) is 23.1 Å². The van der Waals surface area contributed by atoms with Gasteiger partial charge in [0.2, 0.25) is 17.9 Å². The number of ether oxygens (including phenoxy) is 2.